The zero-order chi connectivity index (χ0) is 17.9. The molecule has 3 rings (SSSR count). The fourth-order valence-electron chi connectivity index (χ4n) is 2.81. The molecular weight excluding hydrogens is 325 g/mol. The highest BCUT2D eigenvalue weighted by Crippen LogP contribution is 2.41. The van der Waals surface area contributed by atoms with Gasteiger partial charge in [0.05, 0.1) is 17.3 Å². The fraction of sp³-hybridized carbons (Fsp3) is 0.333. The second-order valence-electron chi connectivity index (χ2n) is 5.84. The Morgan fingerprint density at radius 2 is 2.00 bits per heavy atom. The quantitative estimate of drug-likeness (QED) is 0.740. The number of halogens is 3. The molecule has 124 valence electrons. The van der Waals surface area contributed by atoms with Crippen LogP contribution in [0.4, 0.5) is 23.7 Å². The number of anilines is 1. The number of imide groups is 1. The third-order valence-electron chi connectivity index (χ3n) is 4.15. The van der Waals surface area contributed by atoms with Crippen molar-refractivity contribution >= 4 is 23.3 Å². The number of nitrogens with zero attached hydrogens (tertiary/aromatic N) is 4. The van der Waals surface area contributed by atoms with Crippen molar-refractivity contribution in [2.45, 2.75) is 32.0 Å². The van der Waals surface area contributed by atoms with Gasteiger partial charge in [-0.1, -0.05) is 0 Å². The van der Waals surface area contributed by atoms with E-state index in [-0.39, 0.29) is 5.69 Å². The zero-order valence-electron chi connectivity index (χ0n) is 12.7. The van der Waals surface area contributed by atoms with Gasteiger partial charge in [-0.3, -0.25) is 4.79 Å². The molecule has 0 N–H and O–H groups in total. The summed E-state index contributed by atoms with van der Waals surface area (Å²) >= 11 is 0. The smallest absolute Gasteiger partial charge is 0.271 e. The molecular formula is C15H11F3N4O2. The summed E-state index contributed by atoms with van der Waals surface area (Å²) in [6.45, 7) is 2.89. The molecule has 9 heteroatoms. The number of nitriles is 1. The number of alkyl halides is 3. The third-order valence-corrected chi connectivity index (χ3v) is 4.15. The summed E-state index contributed by atoms with van der Waals surface area (Å²) in [6.07, 6.45) is -5.38. The number of hydrogen-bond acceptors (Lipinski definition) is 4. The topological polar surface area (TPSA) is 76.8 Å². The van der Waals surface area contributed by atoms with Crippen molar-refractivity contribution in [3.8, 4) is 6.07 Å². The molecule has 2 aliphatic rings. The largest absolute Gasteiger partial charge is 0.431 e. The van der Waals surface area contributed by atoms with E-state index in [0.29, 0.717) is 16.1 Å². The summed E-state index contributed by atoms with van der Waals surface area (Å²) < 4.78 is 38.5. The molecule has 2 aliphatic heterocycles. The molecule has 1 saturated heterocycles. The van der Waals surface area contributed by atoms with Crippen LogP contribution in [0.15, 0.2) is 23.3 Å². The van der Waals surface area contributed by atoms with E-state index in [1.54, 1.807) is 6.92 Å². The Morgan fingerprint density at radius 3 is 2.50 bits per heavy atom. The minimum Gasteiger partial charge on any atom is -0.271 e. The predicted octanol–water partition coefficient (Wildman–Crippen LogP) is 2.72. The van der Waals surface area contributed by atoms with Gasteiger partial charge >= 0.3 is 12.2 Å². The molecule has 0 saturated carbocycles. The number of hydrogen-bond donors (Lipinski definition) is 0. The first kappa shape index (κ1) is 16.0. The standard InChI is InChI=1S/C15H11F3N4O2/c1-8-5-10(4-3-9(8)7-19)21-12(23)14(2)6-11(15(16,17)18)20-22(14)13(21)24/h3-5H,6H2,1-2H3. The molecule has 1 aromatic rings. The van der Waals surface area contributed by atoms with Gasteiger partial charge in [-0.25, -0.2) is 9.69 Å². The van der Waals surface area contributed by atoms with Gasteiger partial charge in [-0.15, -0.1) is 0 Å². The number of urea groups is 1. The minimum atomic E-state index is -4.69. The first-order valence-electron chi connectivity index (χ1n) is 6.94. The number of benzene rings is 1. The van der Waals surface area contributed by atoms with Crippen LogP contribution in [0.1, 0.15) is 24.5 Å². The SMILES string of the molecule is Cc1cc(N2C(=O)N3N=C(C(F)(F)F)CC3(C)C2=O)ccc1C#N. The first-order valence-corrected chi connectivity index (χ1v) is 6.94. The molecule has 0 aromatic heterocycles. The number of carbonyl (C=O) groups excluding carboxylic acids is 2. The monoisotopic (exact) mass is 336 g/mol. The van der Waals surface area contributed by atoms with Gasteiger partial charge in [0, 0.05) is 6.42 Å². The number of carbonyl (C=O) groups is 2. The van der Waals surface area contributed by atoms with Gasteiger partial charge in [0.25, 0.3) is 5.91 Å². The Bertz CT molecular complexity index is 840. The minimum absolute atomic E-state index is 0.195. The van der Waals surface area contributed by atoms with Gasteiger partial charge < -0.3 is 0 Å². The van der Waals surface area contributed by atoms with Gasteiger partial charge in [-0.2, -0.15) is 28.5 Å². The average molecular weight is 336 g/mol. The average Bonchev–Trinajstić information content (AvgIpc) is 2.93. The molecule has 1 unspecified atom stereocenters. The molecule has 0 bridgehead atoms. The molecule has 0 spiro atoms. The lowest BCUT2D eigenvalue weighted by molar-refractivity contribution is -0.123. The maximum Gasteiger partial charge on any atom is 0.431 e. The summed E-state index contributed by atoms with van der Waals surface area (Å²) in [5.41, 5.74) is -1.72. The highest BCUT2D eigenvalue weighted by atomic mass is 19.4. The lowest BCUT2D eigenvalue weighted by Crippen LogP contribution is -2.42. The van der Waals surface area contributed by atoms with Crippen molar-refractivity contribution < 1.29 is 22.8 Å². The summed E-state index contributed by atoms with van der Waals surface area (Å²) in [5.74, 6) is -0.778. The maximum absolute atomic E-state index is 12.8. The van der Waals surface area contributed by atoms with Crippen LogP contribution >= 0.6 is 0 Å². The number of rotatable bonds is 1. The zero-order valence-corrected chi connectivity index (χ0v) is 12.7. The van der Waals surface area contributed by atoms with E-state index in [4.69, 9.17) is 5.26 Å². The number of aryl methyl sites for hydroxylation is 1. The van der Waals surface area contributed by atoms with Crippen LogP contribution < -0.4 is 4.90 Å². The summed E-state index contributed by atoms with van der Waals surface area (Å²) in [6, 6.07) is 5.34. The molecule has 0 radical (unpaired) electrons. The molecule has 3 amide bonds. The molecule has 24 heavy (non-hydrogen) atoms. The van der Waals surface area contributed by atoms with E-state index in [0.717, 1.165) is 4.90 Å². The summed E-state index contributed by atoms with van der Waals surface area (Å²) in [4.78, 5) is 25.8. The van der Waals surface area contributed by atoms with Gasteiger partial charge in [-0.05, 0) is 37.6 Å². The van der Waals surface area contributed by atoms with Crippen LogP contribution in [-0.4, -0.2) is 34.4 Å². The van der Waals surface area contributed by atoms with Crippen molar-refractivity contribution in [3.05, 3.63) is 29.3 Å². The van der Waals surface area contributed by atoms with Crippen LogP contribution in [0.2, 0.25) is 0 Å². The van der Waals surface area contributed by atoms with Crippen LogP contribution in [0.25, 0.3) is 0 Å². The highest BCUT2D eigenvalue weighted by Gasteiger charge is 2.62. The maximum atomic E-state index is 12.8. The number of hydrazone groups is 1. The summed E-state index contributed by atoms with van der Waals surface area (Å²) in [7, 11) is 0. The van der Waals surface area contributed by atoms with Gasteiger partial charge in [0.1, 0.15) is 5.71 Å². The second-order valence-corrected chi connectivity index (χ2v) is 5.84. The molecule has 0 aliphatic carbocycles. The molecule has 2 heterocycles. The van der Waals surface area contributed by atoms with E-state index in [1.807, 2.05) is 6.07 Å². The molecule has 1 aromatic carbocycles. The number of amides is 3. The third kappa shape index (κ3) is 2.06. The van der Waals surface area contributed by atoms with Crippen molar-refractivity contribution in [1.82, 2.24) is 5.01 Å². The Morgan fingerprint density at radius 1 is 1.33 bits per heavy atom. The van der Waals surface area contributed by atoms with Gasteiger partial charge in [0.15, 0.2) is 5.54 Å². The lowest BCUT2D eigenvalue weighted by Gasteiger charge is -2.20. The van der Waals surface area contributed by atoms with Gasteiger partial charge in [0.2, 0.25) is 0 Å². The second kappa shape index (κ2) is 4.80. The molecule has 1 fully saturated rings. The molecule has 1 atom stereocenters. The van der Waals surface area contributed by atoms with Crippen molar-refractivity contribution in [1.29, 1.82) is 5.26 Å². The van der Waals surface area contributed by atoms with Crippen LogP contribution in [0, 0.1) is 18.3 Å². The number of fused-ring (bicyclic) bond motifs is 1. The van der Waals surface area contributed by atoms with E-state index < -0.39 is 35.8 Å². The molecule has 6 nitrogen and oxygen atoms in total. The summed E-state index contributed by atoms with van der Waals surface area (Å²) in [5, 5.41) is 12.8. The van der Waals surface area contributed by atoms with Crippen molar-refractivity contribution in [2.24, 2.45) is 5.10 Å². The normalized spacial score (nSPS) is 23.4. The van der Waals surface area contributed by atoms with E-state index >= 15 is 0 Å². The Balaban J connectivity index is 2.02. The van der Waals surface area contributed by atoms with Crippen molar-refractivity contribution in [3.63, 3.8) is 0 Å². The fourth-order valence-corrected chi connectivity index (χ4v) is 2.81. The van der Waals surface area contributed by atoms with Crippen LogP contribution in [-0.2, 0) is 4.79 Å². The van der Waals surface area contributed by atoms with E-state index in [1.165, 1.54) is 25.1 Å². The lowest BCUT2D eigenvalue weighted by atomic mass is 9.95. The first-order chi connectivity index (χ1) is 11.1. The predicted molar refractivity (Wildman–Crippen MR) is 77.1 cm³/mol. The van der Waals surface area contributed by atoms with Crippen LogP contribution in [0.3, 0.4) is 0 Å². The van der Waals surface area contributed by atoms with Crippen molar-refractivity contribution in [2.75, 3.05) is 4.90 Å². The Kier molecular flexibility index (Phi) is 3.20. The highest BCUT2D eigenvalue weighted by molar-refractivity contribution is 6.25. The Labute approximate surface area is 134 Å². The van der Waals surface area contributed by atoms with Crippen LogP contribution in [0.5, 0.6) is 0 Å². The van der Waals surface area contributed by atoms with E-state index in [9.17, 15) is 22.8 Å². The Hall–Kier alpha value is -2.89. The van der Waals surface area contributed by atoms with E-state index in [2.05, 4.69) is 5.10 Å².